The lowest BCUT2D eigenvalue weighted by atomic mass is 9.90. The summed E-state index contributed by atoms with van der Waals surface area (Å²) < 4.78 is 11.7. The van der Waals surface area contributed by atoms with E-state index in [1.165, 1.54) is 0 Å². The third-order valence-electron chi connectivity index (χ3n) is 4.42. The number of nitrogens with one attached hydrogen (secondary N) is 1. The molecule has 2 heterocycles. The Kier molecular flexibility index (Phi) is 4.36. The van der Waals surface area contributed by atoms with Crippen LogP contribution in [0.4, 0.5) is 0 Å². The van der Waals surface area contributed by atoms with Crippen molar-refractivity contribution >= 4 is 5.91 Å². The normalized spacial score (nSPS) is 25.2. The van der Waals surface area contributed by atoms with E-state index in [-0.39, 0.29) is 24.1 Å². The van der Waals surface area contributed by atoms with Gasteiger partial charge in [-0.05, 0) is 19.8 Å². The number of carbonyl (C=O) groups is 1. The van der Waals surface area contributed by atoms with Crippen LogP contribution < -0.4 is 15.8 Å². The minimum absolute atomic E-state index is 0.00315. The summed E-state index contributed by atoms with van der Waals surface area (Å²) in [4.78, 5) is 11.4. The quantitative estimate of drug-likeness (QED) is 0.897. The lowest BCUT2D eigenvalue weighted by Gasteiger charge is -2.31. The topological polar surface area (TPSA) is 73.6 Å². The minimum Gasteiger partial charge on any atom is -0.493 e. The number of hydrogen-bond acceptors (Lipinski definition) is 4. The number of amides is 1. The summed E-state index contributed by atoms with van der Waals surface area (Å²) in [6.45, 7) is 4.96. The molecule has 3 unspecified atom stereocenters. The molecule has 1 aromatic carbocycles. The first-order chi connectivity index (χ1) is 10.6. The third-order valence-corrected chi connectivity index (χ3v) is 4.42. The molecule has 120 valence electrons. The molecule has 1 aromatic rings. The number of ether oxygens (including phenoxy) is 2. The maximum absolute atomic E-state index is 11.4. The van der Waals surface area contributed by atoms with Crippen molar-refractivity contribution in [2.24, 2.45) is 5.73 Å². The minimum atomic E-state index is -0.188. The van der Waals surface area contributed by atoms with Gasteiger partial charge in [0.2, 0.25) is 5.91 Å². The maximum atomic E-state index is 11.4. The largest absolute Gasteiger partial charge is 0.493 e. The zero-order valence-electron chi connectivity index (χ0n) is 13.2. The van der Waals surface area contributed by atoms with Crippen molar-refractivity contribution in [2.45, 2.75) is 51.3 Å². The highest BCUT2D eigenvalue weighted by atomic mass is 16.5. The molecular weight excluding hydrogens is 280 g/mol. The highest BCUT2D eigenvalue weighted by Gasteiger charge is 2.31. The Morgan fingerprint density at radius 1 is 1.36 bits per heavy atom. The van der Waals surface area contributed by atoms with Gasteiger partial charge in [-0.2, -0.15) is 0 Å². The number of nitrogens with two attached hydrogens (primary N) is 1. The van der Waals surface area contributed by atoms with Crippen LogP contribution in [-0.2, 0) is 9.53 Å². The fraction of sp³-hybridized carbons (Fsp3) is 0.588. The van der Waals surface area contributed by atoms with Crippen LogP contribution in [0.25, 0.3) is 0 Å². The molecule has 0 aromatic heterocycles. The van der Waals surface area contributed by atoms with E-state index in [1.807, 2.05) is 6.92 Å². The molecule has 0 bridgehead atoms. The van der Waals surface area contributed by atoms with Crippen LogP contribution in [0.3, 0.4) is 0 Å². The third kappa shape index (κ3) is 2.96. The van der Waals surface area contributed by atoms with E-state index in [0.29, 0.717) is 6.61 Å². The lowest BCUT2D eigenvalue weighted by molar-refractivity contribution is -0.119. The van der Waals surface area contributed by atoms with Crippen molar-refractivity contribution in [3.05, 3.63) is 28.8 Å². The average molecular weight is 304 g/mol. The number of benzene rings is 1. The highest BCUT2D eigenvalue weighted by Crippen LogP contribution is 2.40. The van der Waals surface area contributed by atoms with E-state index in [9.17, 15) is 4.79 Å². The van der Waals surface area contributed by atoms with E-state index in [4.69, 9.17) is 15.2 Å². The first-order valence-corrected chi connectivity index (χ1v) is 7.98. The molecule has 0 spiro atoms. The van der Waals surface area contributed by atoms with E-state index < -0.39 is 0 Å². The molecule has 0 saturated carbocycles. The molecule has 1 fully saturated rings. The summed E-state index contributed by atoms with van der Waals surface area (Å²) >= 11 is 0. The Morgan fingerprint density at radius 2 is 2.18 bits per heavy atom. The van der Waals surface area contributed by atoms with Gasteiger partial charge in [0, 0.05) is 31.1 Å². The highest BCUT2D eigenvalue weighted by molar-refractivity contribution is 5.73. The monoisotopic (exact) mass is 304 g/mol. The first kappa shape index (κ1) is 15.3. The van der Waals surface area contributed by atoms with Crippen LogP contribution in [0.1, 0.15) is 55.0 Å². The smallest absolute Gasteiger partial charge is 0.217 e. The second kappa shape index (κ2) is 6.26. The molecule has 1 saturated heterocycles. The van der Waals surface area contributed by atoms with Gasteiger partial charge in [0.05, 0.1) is 24.8 Å². The van der Waals surface area contributed by atoms with Gasteiger partial charge < -0.3 is 20.5 Å². The summed E-state index contributed by atoms with van der Waals surface area (Å²) in [6.07, 6.45) is 2.88. The Hall–Kier alpha value is -1.59. The summed E-state index contributed by atoms with van der Waals surface area (Å²) in [5.41, 5.74) is 9.60. The van der Waals surface area contributed by atoms with Gasteiger partial charge in [-0.25, -0.2) is 0 Å². The van der Waals surface area contributed by atoms with Crippen molar-refractivity contribution in [1.29, 1.82) is 0 Å². The van der Waals surface area contributed by atoms with Gasteiger partial charge in [-0.15, -0.1) is 0 Å². The second-order valence-electron chi connectivity index (χ2n) is 6.24. The predicted octanol–water partition coefficient (Wildman–Crippen LogP) is 2.13. The van der Waals surface area contributed by atoms with Crippen LogP contribution in [0, 0.1) is 6.92 Å². The summed E-state index contributed by atoms with van der Waals surface area (Å²) in [5, 5.41) is 3.01. The molecule has 3 atom stereocenters. The van der Waals surface area contributed by atoms with Crippen LogP contribution in [0.5, 0.6) is 5.75 Å². The number of aryl methyl sites for hydroxylation is 1. The Balaban J connectivity index is 1.97. The van der Waals surface area contributed by atoms with Gasteiger partial charge in [-0.3, -0.25) is 4.79 Å². The number of hydrogen-bond donors (Lipinski definition) is 2. The SMILES string of the molecule is CC(=O)NC1CCOc2c1cc(C)cc2C(N)C1CCCO1. The lowest BCUT2D eigenvalue weighted by Crippen LogP contribution is -2.32. The molecule has 2 aliphatic heterocycles. The molecule has 22 heavy (non-hydrogen) atoms. The molecule has 2 aliphatic rings. The summed E-state index contributed by atoms with van der Waals surface area (Å²) in [5.74, 6) is 0.808. The van der Waals surface area contributed by atoms with Gasteiger partial charge in [0.25, 0.3) is 0 Å². The molecular formula is C17H24N2O3. The Morgan fingerprint density at radius 3 is 2.86 bits per heavy atom. The van der Waals surface area contributed by atoms with Crippen LogP contribution >= 0.6 is 0 Å². The van der Waals surface area contributed by atoms with Crippen LogP contribution in [0.2, 0.25) is 0 Å². The van der Waals surface area contributed by atoms with Crippen molar-refractivity contribution in [1.82, 2.24) is 5.32 Å². The molecule has 5 nitrogen and oxygen atoms in total. The van der Waals surface area contributed by atoms with Gasteiger partial charge >= 0.3 is 0 Å². The van der Waals surface area contributed by atoms with E-state index in [2.05, 4.69) is 17.4 Å². The second-order valence-corrected chi connectivity index (χ2v) is 6.24. The van der Waals surface area contributed by atoms with Crippen molar-refractivity contribution < 1.29 is 14.3 Å². The van der Waals surface area contributed by atoms with Gasteiger partial charge in [0.15, 0.2) is 0 Å². The molecule has 3 rings (SSSR count). The van der Waals surface area contributed by atoms with Crippen molar-refractivity contribution in [3.63, 3.8) is 0 Å². The molecule has 3 N–H and O–H groups in total. The van der Waals surface area contributed by atoms with Crippen molar-refractivity contribution in [2.75, 3.05) is 13.2 Å². The number of carbonyl (C=O) groups excluding carboxylic acids is 1. The summed E-state index contributed by atoms with van der Waals surface area (Å²) in [7, 11) is 0. The fourth-order valence-electron chi connectivity index (χ4n) is 3.42. The van der Waals surface area contributed by atoms with Crippen molar-refractivity contribution in [3.8, 4) is 5.75 Å². The standard InChI is InChI=1S/C17H24N2O3/c1-10-8-12-14(19-11(2)20)5-7-22-17(12)13(9-10)16(18)15-4-3-6-21-15/h8-9,14-16H,3-7,18H2,1-2H3,(H,19,20). The zero-order valence-corrected chi connectivity index (χ0v) is 13.2. The molecule has 5 heteroatoms. The first-order valence-electron chi connectivity index (χ1n) is 7.98. The van der Waals surface area contributed by atoms with E-state index >= 15 is 0 Å². The number of fused-ring (bicyclic) bond motifs is 1. The van der Waals surface area contributed by atoms with E-state index in [1.54, 1.807) is 6.92 Å². The Labute approximate surface area is 131 Å². The summed E-state index contributed by atoms with van der Waals surface area (Å²) in [6, 6.07) is 3.98. The van der Waals surface area contributed by atoms with E-state index in [0.717, 1.165) is 48.3 Å². The maximum Gasteiger partial charge on any atom is 0.217 e. The Bertz CT molecular complexity index is 567. The van der Waals surface area contributed by atoms with Crippen LogP contribution in [0.15, 0.2) is 12.1 Å². The molecule has 1 amide bonds. The number of rotatable bonds is 3. The van der Waals surface area contributed by atoms with Crippen LogP contribution in [-0.4, -0.2) is 25.2 Å². The van der Waals surface area contributed by atoms with Gasteiger partial charge in [-0.1, -0.05) is 17.7 Å². The molecule has 0 aliphatic carbocycles. The zero-order chi connectivity index (χ0) is 15.7. The average Bonchev–Trinajstić information content (AvgIpc) is 3.00. The fourth-order valence-corrected chi connectivity index (χ4v) is 3.42. The predicted molar refractivity (Wildman–Crippen MR) is 83.8 cm³/mol. The molecule has 0 radical (unpaired) electrons. The van der Waals surface area contributed by atoms with Gasteiger partial charge in [0.1, 0.15) is 5.75 Å².